The summed E-state index contributed by atoms with van der Waals surface area (Å²) in [5, 5.41) is 0. The summed E-state index contributed by atoms with van der Waals surface area (Å²) in [5.41, 5.74) is 0. The zero-order valence-electron chi connectivity index (χ0n) is 9.40. The number of piperazine rings is 1. The second-order valence-corrected chi connectivity index (χ2v) is 4.56. The number of amides is 1. The van der Waals surface area contributed by atoms with E-state index in [1.165, 1.54) is 0 Å². The number of hydrogen-bond donors (Lipinski definition) is 0. The summed E-state index contributed by atoms with van der Waals surface area (Å²) in [6.45, 7) is 6.09. The van der Waals surface area contributed by atoms with E-state index in [0.717, 1.165) is 26.1 Å². The van der Waals surface area contributed by atoms with Gasteiger partial charge in [-0.25, -0.2) is 0 Å². The predicted molar refractivity (Wildman–Crippen MR) is 56.5 cm³/mol. The smallest absolute Gasteiger partial charge is 0.222 e. The molecule has 0 saturated carbocycles. The number of fused-ring (bicyclic) bond motifs is 1. The summed E-state index contributed by atoms with van der Waals surface area (Å²) in [6.07, 6.45) is 1.65. The van der Waals surface area contributed by atoms with Gasteiger partial charge in [0.2, 0.25) is 5.91 Å². The fourth-order valence-corrected chi connectivity index (χ4v) is 2.50. The summed E-state index contributed by atoms with van der Waals surface area (Å²) in [6, 6.07) is 0.357. The van der Waals surface area contributed by atoms with E-state index in [1.807, 2.05) is 11.8 Å². The Hall–Kier alpha value is -0.900. The molecule has 0 aromatic carbocycles. The van der Waals surface area contributed by atoms with Crippen molar-refractivity contribution in [1.29, 1.82) is 0 Å². The van der Waals surface area contributed by atoms with Crippen molar-refractivity contribution in [3.63, 3.8) is 0 Å². The van der Waals surface area contributed by atoms with Crippen molar-refractivity contribution in [2.24, 2.45) is 0 Å². The number of Topliss-reactive ketones (excluding diaryl/α,β-unsaturated/α-hetero) is 1. The Morgan fingerprint density at radius 2 is 2.20 bits per heavy atom. The van der Waals surface area contributed by atoms with Gasteiger partial charge >= 0.3 is 0 Å². The normalized spacial score (nSPS) is 29.1. The van der Waals surface area contributed by atoms with Gasteiger partial charge < -0.3 is 4.90 Å². The molecule has 84 valence electrons. The Bertz CT molecular complexity index is 290. The molecule has 2 aliphatic heterocycles. The van der Waals surface area contributed by atoms with Gasteiger partial charge in [-0.05, 0) is 20.3 Å². The SMILES string of the molecule is CC(=O)C(C)N1CCN2C(=O)CCC2C1. The second-order valence-electron chi connectivity index (χ2n) is 4.56. The second kappa shape index (κ2) is 3.93. The summed E-state index contributed by atoms with van der Waals surface area (Å²) < 4.78 is 0. The summed E-state index contributed by atoms with van der Waals surface area (Å²) >= 11 is 0. The van der Waals surface area contributed by atoms with Crippen molar-refractivity contribution in [2.75, 3.05) is 19.6 Å². The van der Waals surface area contributed by atoms with Gasteiger partial charge in [-0.1, -0.05) is 0 Å². The van der Waals surface area contributed by atoms with Crippen LogP contribution in [0.4, 0.5) is 0 Å². The van der Waals surface area contributed by atoms with Crippen LogP contribution in [0.1, 0.15) is 26.7 Å². The standard InChI is InChI=1S/C11H18N2O2/c1-8(9(2)14)12-5-6-13-10(7-12)3-4-11(13)15/h8,10H,3-7H2,1-2H3. The number of rotatable bonds is 2. The summed E-state index contributed by atoms with van der Waals surface area (Å²) in [5.74, 6) is 0.503. The van der Waals surface area contributed by atoms with Gasteiger partial charge in [0.15, 0.2) is 0 Å². The number of hydrogen-bond acceptors (Lipinski definition) is 3. The highest BCUT2D eigenvalue weighted by molar-refractivity contribution is 5.81. The lowest BCUT2D eigenvalue weighted by Gasteiger charge is -2.39. The first-order valence-corrected chi connectivity index (χ1v) is 5.63. The molecule has 1 amide bonds. The lowest BCUT2D eigenvalue weighted by Crippen LogP contribution is -2.55. The molecular formula is C11H18N2O2. The Labute approximate surface area is 90.2 Å². The molecule has 2 atom stereocenters. The van der Waals surface area contributed by atoms with Crippen LogP contribution in [0.2, 0.25) is 0 Å². The van der Waals surface area contributed by atoms with E-state index in [4.69, 9.17) is 0 Å². The molecule has 2 rings (SSSR count). The maximum atomic E-state index is 11.5. The Kier molecular flexibility index (Phi) is 2.78. The highest BCUT2D eigenvalue weighted by atomic mass is 16.2. The summed E-state index contributed by atoms with van der Waals surface area (Å²) in [7, 11) is 0. The van der Waals surface area contributed by atoms with Crippen LogP contribution in [0.25, 0.3) is 0 Å². The van der Waals surface area contributed by atoms with Crippen LogP contribution >= 0.6 is 0 Å². The van der Waals surface area contributed by atoms with E-state index in [1.54, 1.807) is 6.92 Å². The minimum Gasteiger partial charge on any atom is -0.337 e. The van der Waals surface area contributed by atoms with E-state index < -0.39 is 0 Å². The molecule has 4 heteroatoms. The van der Waals surface area contributed by atoms with Crippen LogP contribution in [-0.4, -0.2) is 53.2 Å². The van der Waals surface area contributed by atoms with Gasteiger partial charge in [0.1, 0.15) is 5.78 Å². The van der Waals surface area contributed by atoms with E-state index in [2.05, 4.69) is 4.90 Å². The molecule has 0 bridgehead atoms. The van der Waals surface area contributed by atoms with Crippen LogP contribution in [0.5, 0.6) is 0 Å². The number of ketones is 1. The van der Waals surface area contributed by atoms with Crippen molar-refractivity contribution in [3.8, 4) is 0 Å². The summed E-state index contributed by atoms with van der Waals surface area (Å²) in [4.78, 5) is 26.9. The molecule has 0 N–H and O–H groups in total. The van der Waals surface area contributed by atoms with Crippen LogP contribution in [0.15, 0.2) is 0 Å². The van der Waals surface area contributed by atoms with Crippen molar-refractivity contribution in [1.82, 2.24) is 9.80 Å². The topological polar surface area (TPSA) is 40.6 Å². The Morgan fingerprint density at radius 1 is 1.47 bits per heavy atom. The third kappa shape index (κ3) is 1.91. The number of carbonyl (C=O) groups is 2. The molecule has 0 aliphatic carbocycles. The molecule has 2 saturated heterocycles. The van der Waals surface area contributed by atoms with Crippen molar-refractivity contribution in [2.45, 2.75) is 38.8 Å². The first kappa shape index (κ1) is 10.6. The molecular weight excluding hydrogens is 192 g/mol. The van der Waals surface area contributed by atoms with Gasteiger partial charge in [0.05, 0.1) is 6.04 Å². The minimum absolute atomic E-state index is 0.00264. The van der Waals surface area contributed by atoms with Crippen molar-refractivity contribution in [3.05, 3.63) is 0 Å². The van der Waals surface area contributed by atoms with Gasteiger partial charge in [-0.2, -0.15) is 0 Å². The third-order valence-electron chi connectivity index (χ3n) is 3.66. The maximum Gasteiger partial charge on any atom is 0.222 e. The van der Waals surface area contributed by atoms with Crippen molar-refractivity contribution < 1.29 is 9.59 Å². The molecule has 2 aliphatic rings. The molecule has 0 aromatic rings. The van der Waals surface area contributed by atoms with Gasteiger partial charge in [-0.15, -0.1) is 0 Å². The largest absolute Gasteiger partial charge is 0.337 e. The first-order chi connectivity index (χ1) is 7.09. The molecule has 0 spiro atoms. The van der Waals surface area contributed by atoms with Gasteiger partial charge in [-0.3, -0.25) is 14.5 Å². The zero-order valence-corrected chi connectivity index (χ0v) is 9.40. The van der Waals surface area contributed by atoms with E-state index >= 15 is 0 Å². The number of carbonyl (C=O) groups excluding carboxylic acids is 2. The monoisotopic (exact) mass is 210 g/mol. The average molecular weight is 210 g/mol. The Balaban J connectivity index is 1.99. The molecule has 15 heavy (non-hydrogen) atoms. The molecule has 2 unspecified atom stereocenters. The van der Waals surface area contributed by atoms with Crippen LogP contribution in [-0.2, 0) is 9.59 Å². The average Bonchev–Trinajstić information content (AvgIpc) is 2.59. The fourth-order valence-electron chi connectivity index (χ4n) is 2.50. The van der Waals surface area contributed by atoms with E-state index in [9.17, 15) is 9.59 Å². The van der Waals surface area contributed by atoms with Gasteiger partial charge in [0.25, 0.3) is 0 Å². The third-order valence-corrected chi connectivity index (χ3v) is 3.66. The fraction of sp³-hybridized carbons (Fsp3) is 0.818. The molecule has 0 aromatic heterocycles. The first-order valence-electron chi connectivity index (χ1n) is 5.63. The van der Waals surface area contributed by atoms with E-state index in [0.29, 0.717) is 12.5 Å². The highest BCUT2D eigenvalue weighted by Gasteiger charge is 2.37. The zero-order chi connectivity index (χ0) is 11.0. The molecule has 0 radical (unpaired) electrons. The minimum atomic E-state index is 0.00264. The quantitative estimate of drug-likeness (QED) is 0.657. The van der Waals surface area contributed by atoms with Crippen LogP contribution < -0.4 is 0 Å². The molecule has 2 fully saturated rings. The molecule has 2 heterocycles. The van der Waals surface area contributed by atoms with Gasteiger partial charge in [0, 0.05) is 32.1 Å². The van der Waals surface area contributed by atoms with Crippen molar-refractivity contribution >= 4 is 11.7 Å². The molecule has 4 nitrogen and oxygen atoms in total. The van der Waals surface area contributed by atoms with E-state index in [-0.39, 0.29) is 17.7 Å². The predicted octanol–water partition coefficient (Wildman–Crippen LogP) is 0.270. The Morgan fingerprint density at radius 3 is 2.87 bits per heavy atom. The maximum absolute atomic E-state index is 11.5. The lowest BCUT2D eigenvalue weighted by molar-refractivity contribution is -0.131. The lowest BCUT2D eigenvalue weighted by atomic mass is 10.1. The van der Waals surface area contributed by atoms with Crippen LogP contribution in [0.3, 0.4) is 0 Å². The highest BCUT2D eigenvalue weighted by Crippen LogP contribution is 2.23. The van der Waals surface area contributed by atoms with Crippen LogP contribution in [0, 0.1) is 0 Å². The number of nitrogens with zero attached hydrogens (tertiary/aromatic N) is 2.